The third-order valence-corrected chi connectivity index (χ3v) is 4.83. The number of carbonyl (C=O) groups excluding carboxylic acids is 2. The van der Waals surface area contributed by atoms with Crippen molar-refractivity contribution in [2.24, 2.45) is 5.92 Å². The topological polar surface area (TPSA) is 40.6 Å². The molecule has 5 heteroatoms. The molecule has 0 bridgehead atoms. The highest BCUT2D eigenvalue weighted by Crippen LogP contribution is 2.16. The normalized spacial score (nSPS) is 15.1. The SMILES string of the molecule is CSc1ccc(CC(=O)N2CCN(C(=O)CC(C)C)CC2)cc1. The fourth-order valence-corrected chi connectivity index (χ4v) is 3.12. The molecule has 0 N–H and O–H groups in total. The second-order valence-corrected chi connectivity index (χ2v) is 7.26. The lowest BCUT2D eigenvalue weighted by Crippen LogP contribution is -2.51. The van der Waals surface area contributed by atoms with E-state index in [9.17, 15) is 9.59 Å². The number of benzene rings is 1. The Bertz CT molecular complexity index is 534. The van der Waals surface area contributed by atoms with Crippen LogP contribution in [0, 0.1) is 5.92 Å². The molecule has 1 heterocycles. The third kappa shape index (κ3) is 5.27. The summed E-state index contributed by atoms with van der Waals surface area (Å²) in [6, 6.07) is 8.14. The average molecular weight is 334 g/mol. The fraction of sp³-hybridized carbons (Fsp3) is 0.556. The van der Waals surface area contributed by atoms with E-state index in [2.05, 4.69) is 26.0 Å². The molecule has 1 aliphatic heterocycles. The van der Waals surface area contributed by atoms with Crippen LogP contribution < -0.4 is 0 Å². The van der Waals surface area contributed by atoms with E-state index in [1.54, 1.807) is 11.8 Å². The minimum absolute atomic E-state index is 0.151. The molecule has 1 aromatic carbocycles. The number of rotatable bonds is 5. The van der Waals surface area contributed by atoms with Gasteiger partial charge >= 0.3 is 0 Å². The average Bonchev–Trinajstić information content (AvgIpc) is 2.55. The Labute approximate surface area is 143 Å². The second-order valence-electron chi connectivity index (χ2n) is 6.38. The first-order chi connectivity index (χ1) is 11.0. The Morgan fingerprint density at radius 2 is 1.52 bits per heavy atom. The minimum atomic E-state index is 0.151. The van der Waals surface area contributed by atoms with Crippen molar-refractivity contribution in [2.75, 3.05) is 32.4 Å². The molecule has 1 saturated heterocycles. The second kappa shape index (κ2) is 8.39. The van der Waals surface area contributed by atoms with Crippen molar-refractivity contribution in [3.05, 3.63) is 29.8 Å². The minimum Gasteiger partial charge on any atom is -0.339 e. The summed E-state index contributed by atoms with van der Waals surface area (Å²) < 4.78 is 0. The monoisotopic (exact) mass is 334 g/mol. The predicted octanol–water partition coefficient (Wildman–Crippen LogP) is 2.67. The zero-order chi connectivity index (χ0) is 16.8. The number of amides is 2. The number of carbonyl (C=O) groups is 2. The van der Waals surface area contributed by atoms with E-state index >= 15 is 0 Å². The van der Waals surface area contributed by atoms with E-state index in [4.69, 9.17) is 0 Å². The van der Waals surface area contributed by atoms with Crippen molar-refractivity contribution in [1.29, 1.82) is 0 Å². The van der Waals surface area contributed by atoms with E-state index < -0.39 is 0 Å². The Morgan fingerprint density at radius 3 is 2.00 bits per heavy atom. The summed E-state index contributed by atoms with van der Waals surface area (Å²) in [6.45, 7) is 6.71. The maximum absolute atomic E-state index is 12.4. The molecule has 0 saturated carbocycles. The lowest BCUT2D eigenvalue weighted by atomic mass is 10.1. The molecule has 0 aromatic heterocycles. The quantitative estimate of drug-likeness (QED) is 0.777. The van der Waals surface area contributed by atoms with Crippen LogP contribution in [0.5, 0.6) is 0 Å². The first-order valence-electron chi connectivity index (χ1n) is 8.18. The fourth-order valence-electron chi connectivity index (χ4n) is 2.71. The van der Waals surface area contributed by atoms with Crippen molar-refractivity contribution in [3.8, 4) is 0 Å². The molecule has 23 heavy (non-hydrogen) atoms. The van der Waals surface area contributed by atoms with E-state index in [0.29, 0.717) is 44.9 Å². The lowest BCUT2D eigenvalue weighted by Gasteiger charge is -2.35. The van der Waals surface area contributed by atoms with Gasteiger partial charge in [-0.15, -0.1) is 11.8 Å². The van der Waals surface area contributed by atoms with Crippen molar-refractivity contribution in [3.63, 3.8) is 0 Å². The van der Waals surface area contributed by atoms with Crippen molar-refractivity contribution < 1.29 is 9.59 Å². The maximum atomic E-state index is 12.4. The van der Waals surface area contributed by atoms with Gasteiger partial charge in [0.25, 0.3) is 0 Å². The number of piperazine rings is 1. The van der Waals surface area contributed by atoms with Gasteiger partial charge in [0, 0.05) is 37.5 Å². The first kappa shape index (κ1) is 17.9. The van der Waals surface area contributed by atoms with Gasteiger partial charge < -0.3 is 9.80 Å². The smallest absolute Gasteiger partial charge is 0.227 e. The molecule has 0 aliphatic carbocycles. The summed E-state index contributed by atoms with van der Waals surface area (Å²) in [5.74, 6) is 0.740. The van der Waals surface area contributed by atoms with Gasteiger partial charge in [-0.05, 0) is 29.9 Å². The summed E-state index contributed by atoms with van der Waals surface area (Å²) >= 11 is 1.70. The van der Waals surface area contributed by atoms with Crippen molar-refractivity contribution in [2.45, 2.75) is 31.6 Å². The predicted molar refractivity (Wildman–Crippen MR) is 94.5 cm³/mol. The van der Waals surface area contributed by atoms with E-state index in [1.807, 2.05) is 28.2 Å². The highest BCUT2D eigenvalue weighted by atomic mass is 32.2. The third-order valence-electron chi connectivity index (χ3n) is 4.08. The van der Waals surface area contributed by atoms with Gasteiger partial charge in [-0.25, -0.2) is 0 Å². The molecule has 1 aromatic rings. The maximum Gasteiger partial charge on any atom is 0.227 e. The van der Waals surface area contributed by atoms with Crippen molar-refractivity contribution in [1.82, 2.24) is 9.80 Å². The van der Waals surface area contributed by atoms with Crippen LogP contribution in [0.1, 0.15) is 25.8 Å². The van der Waals surface area contributed by atoms with Crippen LogP contribution in [0.2, 0.25) is 0 Å². The molecule has 0 atom stereocenters. The number of hydrogen-bond donors (Lipinski definition) is 0. The molecule has 1 fully saturated rings. The van der Waals surface area contributed by atoms with Gasteiger partial charge in [-0.1, -0.05) is 26.0 Å². The van der Waals surface area contributed by atoms with Crippen LogP contribution in [0.15, 0.2) is 29.2 Å². The molecular weight excluding hydrogens is 308 g/mol. The highest BCUT2D eigenvalue weighted by Gasteiger charge is 2.24. The molecule has 2 rings (SSSR count). The van der Waals surface area contributed by atoms with Gasteiger partial charge in [0.1, 0.15) is 0 Å². The number of nitrogens with zero attached hydrogens (tertiary/aromatic N) is 2. The van der Waals surface area contributed by atoms with E-state index in [0.717, 1.165) is 5.56 Å². The summed E-state index contributed by atoms with van der Waals surface area (Å²) in [7, 11) is 0. The van der Waals surface area contributed by atoms with Gasteiger partial charge in [-0.3, -0.25) is 9.59 Å². The van der Waals surface area contributed by atoms with Gasteiger partial charge in [0.15, 0.2) is 0 Å². The molecule has 126 valence electrons. The van der Waals surface area contributed by atoms with Gasteiger partial charge in [-0.2, -0.15) is 0 Å². The van der Waals surface area contributed by atoms with Crippen LogP contribution in [-0.4, -0.2) is 54.0 Å². The molecule has 0 spiro atoms. The molecule has 4 nitrogen and oxygen atoms in total. The van der Waals surface area contributed by atoms with Gasteiger partial charge in [0.2, 0.25) is 11.8 Å². The summed E-state index contributed by atoms with van der Waals surface area (Å²) in [5, 5.41) is 0. The van der Waals surface area contributed by atoms with E-state index in [1.165, 1.54) is 4.90 Å². The summed E-state index contributed by atoms with van der Waals surface area (Å²) in [5.41, 5.74) is 1.05. The van der Waals surface area contributed by atoms with Crippen LogP contribution in [0.4, 0.5) is 0 Å². The molecule has 0 radical (unpaired) electrons. The molecule has 1 aliphatic rings. The van der Waals surface area contributed by atoms with Crippen LogP contribution in [0.3, 0.4) is 0 Å². The summed E-state index contributed by atoms with van der Waals surface area (Å²) in [6.07, 6.45) is 3.07. The largest absolute Gasteiger partial charge is 0.339 e. The zero-order valence-corrected chi connectivity index (χ0v) is 15.1. The van der Waals surface area contributed by atoms with Gasteiger partial charge in [0.05, 0.1) is 6.42 Å². The van der Waals surface area contributed by atoms with Crippen LogP contribution >= 0.6 is 11.8 Å². The Balaban J connectivity index is 1.82. The van der Waals surface area contributed by atoms with Crippen molar-refractivity contribution >= 4 is 23.6 Å². The number of hydrogen-bond acceptors (Lipinski definition) is 3. The standard InChI is InChI=1S/C18H26N2O2S/c1-14(2)12-17(21)19-8-10-20(11-9-19)18(22)13-15-4-6-16(23-3)7-5-15/h4-7,14H,8-13H2,1-3H3. The Kier molecular flexibility index (Phi) is 6.51. The number of thioether (sulfide) groups is 1. The van der Waals surface area contributed by atoms with E-state index in [-0.39, 0.29) is 11.8 Å². The Hall–Kier alpha value is -1.49. The zero-order valence-electron chi connectivity index (χ0n) is 14.2. The molecule has 2 amide bonds. The lowest BCUT2D eigenvalue weighted by molar-refractivity contribution is -0.139. The van der Waals surface area contributed by atoms with Crippen LogP contribution in [0.25, 0.3) is 0 Å². The van der Waals surface area contributed by atoms with Crippen LogP contribution in [-0.2, 0) is 16.0 Å². The highest BCUT2D eigenvalue weighted by molar-refractivity contribution is 7.98. The molecular formula is C18H26N2O2S. The first-order valence-corrected chi connectivity index (χ1v) is 9.40. The molecule has 0 unspecified atom stereocenters. The Morgan fingerprint density at radius 1 is 1.00 bits per heavy atom. The summed E-state index contributed by atoms with van der Waals surface area (Å²) in [4.78, 5) is 29.4.